The van der Waals surface area contributed by atoms with E-state index in [1.807, 2.05) is 35.0 Å². The number of benzene rings is 2. The van der Waals surface area contributed by atoms with Crippen molar-refractivity contribution < 1.29 is 4.90 Å². The topological polar surface area (TPSA) is 40.1 Å². The number of para-hydroxylation sites is 1. The Balaban J connectivity index is 1.55. The van der Waals surface area contributed by atoms with Gasteiger partial charge >= 0.3 is 0 Å². The molecule has 23 heavy (non-hydrogen) atoms. The molecule has 5 nitrogen and oxygen atoms in total. The summed E-state index contributed by atoms with van der Waals surface area (Å²) in [5.74, 6) is 0. The van der Waals surface area contributed by atoms with Gasteiger partial charge in [-0.05, 0) is 40.3 Å². The summed E-state index contributed by atoms with van der Waals surface area (Å²) >= 11 is 5.54. The summed E-state index contributed by atoms with van der Waals surface area (Å²) < 4.78 is 4.18. The first kappa shape index (κ1) is 14.3. The zero-order valence-corrected chi connectivity index (χ0v) is 13.5. The van der Waals surface area contributed by atoms with Crippen LogP contribution in [0, 0.1) is 4.77 Å². The third-order valence-corrected chi connectivity index (χ3v) is 4.70. The number of aromatic nitrogens is 4. The third-order valence-electron chi connectivity index (χ3n) is 4.32. The van der Waals surface area contributed by atoms with Gasteiger partial charge in [0, 0.05) is 12.0 Å². The molecule has 6 heteroatoms. The van der Waals surface area contributed by atoms with Crippen molar-refractivity contribution >= 4 is 12.2 Å². The summed E-state index contributed by atoms with van der Waals surface area (Å²) in [5, 5.41) is 8.45. The van der Waals surface area contributed by atoms with Gasteiger partial charge in [0.25, 0.3) is 0 Å². The Hall–Kier alpha value is -2.31. The minimum absolute atomic E-state index is 0.641. The summed E-state index contributed by atoms with van der Waals surface area (Å²) in [7, 11) is 0. The Morgan fingerprint density at radius 1 is 0.957 bits per heavy atom. The molecule has 0 bridgehead atoms. The minimum atomic E-state index is 0.641. The van der Waals surface area contributed by atoms with Crippen LogP contribution in [0.4, 0.5) is 0 Å². The number of nitrogens with zero attached hydrogens (tertiary/aromatic N) is 4. The predicted octanol–water partition coefficient (Wildman–Crippen LogP) is 1.40. The van der Waals surface area contributed by atoms with Gasteiger partial charge in [-0.1, -0.05) is 42.5 Å². The Morgan fingerprint density at radius 3 is 2.52 bits per heavy atom. The van der Waals surface area contributed by atoms with Gasteiger partial charge in [0.15, 0.2) is 6.67 Å². The van der Waals surface area contributed by atoms with Crippen molar-refractivity contribution in [3.05, 3.63) is 70.5 Å². The normalized spacial score (nSPS) is 17.0. The number of rotatable bonds is 3. The van der Waals surface area contributed by atoms with Crippen LogP contribution in [0.5, 0.6) is 0 Å². The van der Waals surface area contributed by atoms with Gasteiger partial charge in [0.1, 0.15) is 6.54 Å². The second-order valence-corrected chi connectivity index (χ2v) is 6.23. The van der Waals surface area contributed by atoms with Gasteiger partial charge in [-0.25, -0.2) is 0 Å². The highest BCUT2D eigenvalue weighted by Gasteiger charge is 2.20. The number of quaternary nitrogens is 1. The molecule has 0 fully saturated rings. The summed E-state index contributed by atoms with van der Waals surface area (Å²) in [6, 6.07) is 18.6. The van der Waals surface area contributed by atoms with Crippen LogP contribution in [0.15, 0.2) is 54.6 Å². The number of nitrogens with one attached hydrogen (secondary N) is 1. The monoisotopic (exact) mass is 324 g/mol. The quantitative estimate of drug-likeness (QED) is 0.740. The van der Waals surface area contributed by atoms with Crippen LogP contribution < -0.4 is 4.90 Å². The molecule has 3 aromatic rings. The van der Waals surface area contributed by atoms with Crippen LogP contribution in [-0.4, -0.2) is 26.3 Å². The SMILES string of the molecule is S=c1n(C[NH+]2CCc3ccccc3C2)nnn1-c1ccccc1. The van der Waals surface area contributed by atoms with E-state index in [0.29, 0.717) is 4.77 Å². The zero-order chi connectivity index (χ0) is 15.6. The molecular weight excluding hydrogens is 306 g/mol. The minimum Gasteiger partial charge on any atom is -0.312 e. The lowest BCUT2D eigenvalue weighted by atomic mass is 10.0. The van der Waals surface area contributed by atoms with Crippen LogP contribution in [0.1, 0.15) is 11.1 Å². The molecule has 1 unspecified atom stereocenters. The summed E-state index contributed by atoms with van der Waals surface area (Å²) in [4.78, 5) is 1.46. The van der Waals surface area contributed by atoms with Crippen LogP contribution in [0.3, 0.4) is 0 Å². The molecule has 0 amide bonds. The Morgan fingerprint density at radius 2 is 1.70 bits per heavy atom. The Kier molecular flexibility index (Phi) is 3.77. The summed E-state index contributed by atoms with van der Waals surface area (Å²) in [6.07, 6.45) is 1.10. The van der Waals surface area contributed by atoms with E-state index in [2.05, 4.69) is 34.7 Å². The number of fused-ring (bicyclic) bond motifs is 1. The second-order valence-electron chi connectivity index (χ2n) is 5.86. The summed E-state index contributed by atoms with van der Waals surface area (Å²) in [6.45, 7) is 2.85. The van der Waals surface area contributed by atoms with Crippen molar-refractivity contribution in [2.24, 2.45) is 0 Å². The second kappa shape index (κ2) is 6.06. The fraction of sp³-hybridized carbons (Fsp3) is 0.235. The van der Waals surface area contributed by atoms with Crippen LogP contribution in [0.25, 0.3) is 5.69 Å². The molecule has 1 atom stereocenters. The highest BCUT2D eigenvalue weighted by molar-refractivity contribution is 7.71. The molecule has 0 spiro atoms. The lowest BCUT2D eigenvalue weighted by Gasteiger charge is -2.25. The summed E-state index contributed by atoms with van der Waals surface area (Å²) in [5.41, 5.74) is 3.84. The third kappa shape index (κ3) is 2.83. The molecule has 1 aliphatic heterocycles. The maximum absolute atomic E-state index is 5.54. The van der Waals surface area contributed by atoms with Gasteiger partial charge in [-0.15, -0.1) is 0 Å². The molecule has 0 saturated carbocycles. The largest absolute Gasteiger partial charge is 0.312 e. The molecule has 116 valence electrons. The fourth-order valence-corrected chi connectivity index (χ4v) is 3.34. The Labute approximate surface area is 139 Å². The van der Waals surface area contributed by atoms with Gasteiger partial charge in [-0.2, -0.15) is 9.36 Å². The zero-order valence-electron chi connectivity index (χ0n) is 12.7. The lowest BCUT2D eigenvalue weighted by Crippen LogP contribution is -3.11. The molecule has 1 aromatic heterocycles. The average molecular weight is 324 g/mol. The van der Waals surface area contributed by atoms with Gasteiger partial charge in [0.2, 0.25) is 4.77 Å². The van der Waals surface area contributed by atoms with Gasteiger partial charge in [0.05, 0.1) is 12.2 Å². The van der Waals surface area contributed by atoms with Gasteiger partial charge in [-0.3, -0.25) is 0 Å². The highest BCUT2D eigenvalue weighted by atomic mass is 32.1. The fourth-order valence-electron chi connectivity index (χ4n) is 3.09. The van der Waals surface area contributed by atoms with E-state index in [4.69, 9.17) is 12.2 Å². The molecule has 2 heterocycles. The van der Waals surface area contributed by atoms with Crippen molar-refractivity contribution in [3.63, 3.8) is 0 Å². The first-order valence-corrected chi connectivity index (χ1v) is 8.21. The number of hydrogen-bond acceptors (Lipinski definition) is 3. The standard InChI is InChI=1S/C17H17N5S/c23-17-21(18-19-22(17)16-8-2-1-3-9-16)13-20-11-10-14-6-4-5-7-15(14)12-20/h1-9H,10-13H2/p+1. The molecule has 2 aromatic carbocycles. The molecule has 0 aliphatic carbocycles. The highest BCUT2D eigenvalue weighted by Crippen LogP contribution is 2.10. The van der Waals surface area contributed by atoms with E-state index < -0.39 is 0 Å². The molecule has 0 radical (unpaired) electrons. The molecule has 4 rings (SSSR count). The molecular formula is C17H18N5S+. The number of hydrogen-bond donors (Lipinski definition) is 1. The maximum Gasteiger partial charge on any atom is 0.225 e. The van der Waals surface area contributed by atoms with Gasteiger partial charge < -0.3 is 4.90 Å². The van der Waals surface area contributed by atoms with E-state index in [1.165, 1.54) is 16.0 Å². The van der Waals surface area contributed by atoms with E-state index in [1.54, 1.807) is 4.68 Å². The van der Waals surface area contributed by atoms with Crippen molar-refractivity contribution in [2.75, 3.05) is 6.54 Å². The van der Waals surface area contributed by atoms with Crippen molar-refractivity contribution in [1.29, 1.82) is 0 Å². The Bertz CT molecular complexity index is 868. The first-order valence-electron chi connectivity index (χ1n) is 7.80. The van der Waals surface area contributed by atoms with E-state index in [-0.39, 0.29) is 0 Å². The average Bonchev–Trinajstić information content (AvgIpc) is 2.96. The van der Waals surface area contributed by atoms with Crippen molar-refractivity contribution in [2.45, 2.75) is 19.6 Å². The van der Waals surface area contributed by atoms with Crippen molar-refractivity contribution in [3.8, 4) is 5.69 Å². The van der Waals surface area contributed by atoms with E-state index in [0.717, 1.165) is 31.9 Å². The first-order chi connectivity index (χ1) is 11.3. The molecule has 1 aliphatic rings. The maximum atomic E-state index is 5.54. The molecule has 0 saturated heterocycles. The van der Waals surface area contributed by atoms with Crippen LogP contribution in [0.2, 0.25) is 0 Å². The van der Waals surface area contributed by atoms with E-state index >= 15 is 0 Å². The predicted molar refractivity (Wildman–Crippen MR) is 89.9 cm³/mol. The number of tetrazole rings is 1. The van der Waals surface area contributed by atoms with Crippen molar-refractivity contribution in [1.82, 2.24) is 19.8 Å². The lowest BCUT2D eigenvalue weighted by molar-refractivity contribution is -0.939. The smallest absolute Gasteiger partial charge is 0.225 e. The van der Waals surface area contributed by atoms with Crippen LogP contribution in [-0.2, 0) is 19.6 Å². The molecule has 1 N–H and O–H groups in total. The van der Waals surface area contributed by atoms with E-state index in [9.17, 15) is 0 Å². The van der Waals surface area contributed by atoms with Crippen LogP contribution >= 0.6 is 12.2 Å².